The molecule has 1 N–H and O–H groups in total. The van der Waals surface area contributed by atoms with E-state index in [2.05, 4.69) is 11.9 Å². The Morgan fingerprint density at radius 2 is 1.88 bits per heavy atom. The van der Waals surface area contributed by atoms with Crippen LogP contribution < -0.4 is 14.8 Å². The summed E-state index contributed by atoms with van der Waals surface area (Å²) in [6.45, 7) is 4.43. The SMILES string of the molecule is C=CCOc1ccc(NC(=O)CCCOc2ccc(Cl)cc2Cl)cc1. The first-order valence-corrected chi connectivity index (χ1v) is 8.55. The van der Waals surface area contributed by atoms with Crippen molar-refractivity contribution in [2.45, 2.75) is 12.8 Å². The molecule has 0 aliphatic rings. The van der Waals surface area contributed by atoms with E-state index in [-0.39, 0.29) is 5.91 Å². The predicted molar refractivity (Wildman–Crippen MR) is 102 cm³/mol. The lowest BCUT2D eigenvalue weighted by atomic mass is 10.2. The fourth-order valence-electron chi connectivity index (χ4n) is 2.02. The van der Waals surface area contributed by atoms with Gasteiger partial charge in [0, 0.05) is 17.1 Å². The van der Waals surface area contributed by atoms with Crippen LogP contribution in [0.4, 0.5) is 5.69 Å². The monoisotopic (exact) mass is 379 g/mol. The van der Waals surface area contributed by atoms with E-state index < -0.39 is 0 Å². The van der Waals surface area contributed by atoms with Gasteiger partial charge in [-0.1, -0.05) is 35.9 Å². The van der Waals surface area contributed by atoms with Gasteiger partial charge < -0.3 is 14.8 Å². The Hall–Kier alpha value is -2.17. The molecule has 2 rings (SSSR count). The molecule has 0 radical (unpaired) electrons. The molecular weight excluding hydrogens is 361 g/mol. The molecule has 0 saturated carbocycles. The number of halogens is 2. The van der Waals surface area contributed by atoms with Crippen molar-refractivity contribution in [1.82, 2.24) is 0 Å². The standard InChI is InChI=1S/C19H19Cl2NO3/c1-2-11-24-16-8-6-15(7-9-16)22-19(23)4-3-12-25-18-10-5-14(20)13-17(18)21/h2,5-10,13H,1,3-4,11-12H2,(H,22,23). The maximum atomic E-state index is 11.9. The van der Waals surface area contributed by atoms with Crippen molar-refractivity contribution in [3.05, 3.63) is 65.2 Å². The van der Waals surface area contributed by atoms with Gasteiger partial charge in [-0.15, -0.1) is 0 Å². The van der Waals surface area contributed by atoms with Gasteiger partial charge in [-0.2, -0.15) is 0 Å². The average molecular weight is 380 g/mol. The van der Waals surface area contributed by atoms with Crippen molar-refractivity contribution in [3.63, 3.8) is 0 Å². The Kier molecular flexibility index (Phi) is 7.64. The van der Waals surface area contributed by atoms with Gasteiger partial charge in [-0.3, -0.25) is 4.79 Å². The van der Waals surface area contributed by atoms with Crippen LogP contribution in [0.3, 0.4) is 0 Å². The van der Waals surface area contributed by atoms with Crippen LogP contribution in [0.15, 0.2) is 55.1 Å². The van der Waals surface area contributed by atoms with Gasteiger partial charge in [0.1, 0.15) is 18.1 Å². The van der Waals surface area contributed by atoms with Gasteiger partial charge in [-0.05, 0) is 48.9 Å². The molecule has 0 aliphatic heterocycles. The number of nitrogens with one attached hydrogen (secondary N) is 1. The third-order valence-electron chi connectivity index (χ3n) is 3.21. The molecule has 4 nitrogen and oxygen atoms in total. The minimum absolute atomic E-state index is 0.0782. The van der Waals surface area contributed by atoms with Crippen LogP contribution in [0.25, 0.3) is 0 Å². The number of carbonyl (C=O) groups excluding carboxylic acids is 1. The highest BCUT2D eigenvalue weighted by Gasteiger charge is 2.05. The molecule has 0 atom stereocenters. The number of ether oxygens (including phenoxy) is 2. The molecule has 0 spiro atoms. The molecule has 6 heteroatoms. The number of hydrogen-bond donors (Lipinski definition) is 1. The summed E-state index contributed by atoms with van der Waals surface area (Å²) in [5.74, 6) is 1.21. The van der Waals surface area contributed by atoms with Crippen molar-refractivity contribution in [2.24, 2.45) is 0 Å². The van der Waals surface area contributed by atoms with Crippen LogP contribution in [0.1, 0.15) is 12.8 Å². The van der Waals surface area contributed by atoms with Crippen molar-refractivity contribution >= 4 is 34.8 Å². The van der Waals surface area contributed by atoms with Gasteiger partial charge in [-0.25, -0.2) is 0 Å². The van der Waals surface area contributed by atoms with Crippen molar-refractivity contribution in [3.8, 4) is 11.5 Å². The molecule has 132 valence electrons. The highest BCUT2D eigenvalue weighted by molar-refractivity contribution is 6.35. The molecule has 0 aromatic heterocycles. The summed E-state index contributed by atoms with van der Waals surface area (Å²) >= 11 is 11.8. The lowest BCUT2D eigenvalue weighted by molar-refractivity contribution is -0.116. The second-order valence-corrected chi connectivity index (χ2v) is 6.04. The number of amides is 1. The van der Waals surface area contributed by atoms with Gasteiger partial charge in [0.25, 0.3) is 0 Å². The number of rotatable bonds is 9. The number of anilines is 1. The summed E-state index contributed by atoms with van der Waals surface area (Å²) in [5, 5.41) is 3.84. The van der Waals surface area contributed by atoms with E-state index in [9.17, 15) is 4.79 Å². The van der Waals surface area contributed by atoms with Crippen molar-refractivity contribution in [1.29, 1.82) is 0 Å². The summed E-state index contributed by atoms with van der Waals surface area (Å²) in [5.41, 5.74) is 0.720. The molecule has 0 aliphatic carbocycles. The average Bonchev–Trinajstić information content (AvgIpc) is 2.59. The molecule has 0 bridgehead atoms. The van der Waals surface area contributed by atoms with Crippen LogP contribution >= 0.6 is 23.2 Å². The van der Waals surface area contributed by atoms with E-state index in [4.69, 9.17) is 32.7 Å². The van der Waals surface area contributed by atoms with Crippen molar-refractivity contribution in [2.75, 3.05) is 18.5 Å². The summed E-state index contributed by atoms with van der Waals surface area (Å²) in [6, 6.07) is 12.2. The zero-order valence-electron chi connectivity index (χ0n) is 13.6. The largest absolute Gasteiger partial charge is 0.492 e. The highest BCUT2D eigenvalue weighted by Crippen LogP contribution is 2.27. The second kappa shape index (κ2) is 9.97. The number of benzene rings is 2. The van der Waals surface area contributed by atoms with E-state index in [1.807, 2.05) is 0 Å². The van der Waals surface area contributed by atoms with Crippen molar-refractivity contribution < 1.29 is 14.3 Å². The molecule has 2 aromatic rings. The minimum atomic E-state index is -0.0782. The predicted octanol–water partition coefficient (Wildman–Crippen LogP) is 5.36. The maximum Gasteiger partial charge on any atom is 0.224 e. The van der Waals surface area contributed by atoms with E-state index in [1.54, 1.807) is 48.5 Å². The minimum Gasteiger partial charge on any atom is -0.492 e. The molecule has 0 fully saturated rings. The zero-order valence-corrected chi connectivity index (χ0v) is 15.1. The molecule has 1 amide bonds. The fourth-order valence-corrected chi connectivity index (χ4v) is 2.48. The van der Waals surface area contributed by atoms with Crippen LogP contribution in [-0.4, -0.2) is 19.1 Å². The summed E-state index contributed by atoms with van der Waals surface area (Å²) in [7, 11) is 0. The quantitative estimate of drug-likeness (QED) is 0.471. The van der Waals surface area contributed by atoms with E-state index in [0.717, 1.165) is 11.4 Å². The molecule has 25 heavy (non-hydrogen) atoms. The van der Waals surface area contributed by atoms with Gasteiger partial charge in [0.15, 0.2) is 0 Å². The molecule has 0 heterocycles. The third-order valence-corrected chi connectivity index (χ3v) is 3.74. The van der Waals surface area contributed by atoms with Gasteiger partial charge in [0.05, 0.1) is 11.6 Å². The summed E-state index contributed by atoms with van der Waals surface area (Å²) < 4.78 is 10.9. The first-order valence-electron chi connectivity index (χ1n) is 7.80. The van der Waals surface area contributed by atoms with Crippen LogP contribution in [-0.2, 0) is 4.79 Å². The Labute approximate surface area is 157 Å². The highest BCUT2D eigenvalue weighted by atomic mass is 35.5. The maximum absolute atomic E-state index is 11.9. The number of hydrogen-bond acceptors (Lipinski definition) is 3. The second-order valence-electron chi connectivity index (χ2n) is 5.20. The number of carbonyl (C=O) groups is 1. The van der Waals surface area contributed by atoms with Crippen LogP contribution in [0.2, 0.25) is 10.0 Å². The van der Waals surface area contributed by atoms with Crippen LogP contribution in [0.5, 0.6) is 11.5 Å². The Morgan fingerprint density at radius 3 is 2.56 bits per heavy atom. The Balaban J connectivity index is 1.70. The zero-order chi connectivity index (χ0) is 18.1. The van der Waals surface area contributed by atoms with Gasteiger partial charge >= 0.3 is 0 Å². The first-order chi connectivity index (χ1) is 12.1. The summed E-state index contributed by atoms with van der Waals surface area (Å²) in [6.07, 6.45) is 2.60. The smallest absolute Gasteiger partial charge is 0.224 e. The summed E-state index contributed by atoms with van der Waals surface area (Å²) in [4.78, 5) is 11.9. The Morgan fingerprint density at radius 1 is 1.12 bits per heavy atom. The lowest BCUT2D eigenvalue weighted by Gasteiger charge is -2.09. The molecular formula is C19H19Cl2NO3. The van der Waals surface area contributed by atoms with E-state index >= 15 is 0 Å². The third kappa shape index (κ3) is 6.69. The topological polar surface area (TPSA) is 47.6 Å². The van der Waals surface area contributed by atoms with E-state index in [0.29, 0.717) is 41.9 Å². The van der Waals surface area contributed by atoms with Crippen LogP contribution in [0, 0.1) is 0 Å². The molecule has 2 aromatic carbocycles. The Bertz CT molecular complexity index is 717. The van der Waals surface area contributed by atoms with E-state index in [1.165, 1.54) is 0 Å². The molecule has 0 unspecified atom stereocenters. The normalized spacial score (nSPS) is 10.2. The fraction of sp³-hybridized carbons (Fsp3) is 0.211. The lowest BCUT2D eigenvalue weighted by Crippen LogP contribution is -2.12. The van der Waals surface area contributed by atoms with Gasteiger partial charge in [0.2, 0.25) is 5.91 Å². The molecule has 0 saturated heterocycles. The first kappa shape index (κ1) is 19.2.